The van der Waals surface area contributed by atoms with Gasteiger partial charge in [-0.1, -0.05) is 6.92 Å². The summed E-state index contributed by atoms with van der Waals surface area (Å²) in [6, 6.07) is 8.64. The smallest absolute Gasteiger partial charge is 0.422 e. The van der Waals surface area contributed by atoms with Gasteiger partial charge in [-0.3, -0.25) is 4.57 Å². The molecule has 0 amide bonds. The number of benzene rings is 1. The largest absolute Gasteiger partial charge is 0.497 e. The number of rotatable bonds is 4. The first-order valence-corrected chi connectivity index (χ1v) is 8.89. The van der Waals surface area contributed by atoms with Gasteiger partial charge in [-0.15, -0.1) is 10.2 Å². The number of hydrogen-bond donors (Lipinski definition) is 1. The second-order valence-electron chi connectivity index (χ2n) is 6.67. The molecule has 0 radical (unpaired) electrons. The summed E-state index contributed by atoms with van der Waals surface area (Å²) in [5.41, 5.74) is 2.33. The maximum absolute atomic E-state index is 12.3. The maximum Gasteiger partial charge on any atom is 0.422 e. The zero-order valence-electron chi connectivity index (χ0n) is 15.7. The lowest BCUT2D eigenvalue weighted by molar-refractivity contribution is -0.154. The van der Waals surface area contributed by atoms with Crippen molar-refractivity contribution in [2.75, 3.05) is 25.6 Å². The SMILES string of the molecule is COc1ccc2c(c1)NCC(C)c1nnc(-c3ccc(OCC(F)(F)F)nc3)n1-2. The van der Waals surface area contributed by atoms with Gasteiger partial charge in [0.05, 0.1) is 18.5 Å². The molecule has 7 nitrogen and oxygen atoms in total. The van der Waals surface area contributed by atoms with Gasteiger partial charge in [0.1, 0.15) is 11.6 Å². The van der Waals surface area contributed by atoms with Crippen LogP contribution in [0.15, 0.2) is 36.5 Å². The van der Waals surface area contributed by atoms with Crippen LogP contribution in [0.25, 0.3) is 17.1 Å². The average molecular weight is 405 g/mol. The Kier molecular flexibility index (Phi) is 4.77. The van der Waals surface area contributed by atoms with Gasteiger partial charge in [0.2, 0.25) is 5.88 Å². The molecule has 4 rings (SSSR count). The number of pyridine rings is 1. The zero-order valence-corrected chi connectivity index (χ0v) is 15.7. The molecule has 1 unspecified atom stereocenters. The monoisotopic (exact) mass is 405 g/mol. The molecule has 0 fully saturated rings. The van der Waals surface area contributed by atoms with Crippen LogP contribution in [0, 0.1) is 0 Å². The first-order valence-electron chi connectivity index (χ1n) is 8.89. The minimum atomic E-state index is -4.42. The first kappa shape index (κ1) is 19.0. The molecular formula is C19H18F3N5O2. The van der Waals surface area contributed by atoms with Crippen LogP contribution in [0.3, 0.4) is 0 Å². The van der Waals surface area contributed by atoms with E-state index in [1.807, 2.05) is 29.7 Å². The highest BCUT2D eigenvalue weighted by Gasteiger charge is 2.29. The van der Waals surface area contributed by atoms with Crippen LogP contribution in [-0.4, -0.2) is 46.2 Å². The second-order valence-corrected chi connectivity index (χ2v) is 6.67. The van der Waals surface area contributed by atoms with E-state index in [1.165, 1.54) is 12.3 Å². The Labute approximate surface area is 164 Å². The van der Waals surface area contributed by atoms with Gasteiger partial charge in [-0.2, -0.15) is 13.2 Å². The molecule has 3 heterocycles. The molecule has 29 heavy (non-hydrogen) atoms. The summed E-state index contributed by atoms with van der Waals surface area (Å²) >= 11 is 0. The van der Waals surface area contributed by atoms with Crippen LogP contribution in [0.2, 0.25) is 0 Å². The van der Waals surface area contributed by atoms with Gasteiger partial charge in [-0.05, 0) is 18.2 Å². The molecule has 1 N–H and O–H groups in total. The highest BCUT2D eigenvalue weighted by atomic mass is 19.4. The number of ether oxygens (including phenoxy) is 2. The summed E-state index contributed by atoms with van der Waals surface area (Å²) in [4.78, 5) is 3.97. The van der Waals surface area contributed by atoms with Crippen LogP contribution in [0.1, 0.15) is 18.7 Å². The van der Waals surface area contributed by atoms with E-state index in [0.29, 0.717) is 17.9 Å². The molecule has 0 saturated heterocycles. The molecule has 1 aromatic carbocycles. The normalized spacial score (nSPS) is 15.7. The predicted molar refractivity (Wildman–Crippen MR) is 99.6 cm³/mol. The van der Waals surface area contributed by atoms with Crippen LogP contribution in [0.5, 0.6) is 11.6 Å². The van der Waals surface area contributed by atoms with E-state index in [2.05, 4.69) is 25.2 Å². The van der Waals surface area contributed by atoms with Crippen molar-refractivity contribution >= 4 is 5.69 Å². The van der Waals surface area contributed by atoms with Gasteiger partial charge in [0.25, 0.3) is 0 Å². The highest BCUT2D eigenvalue weighted by molar-refractivity contribution is 5.69. The van der Waals surface area contributed by atoms with Crippen molar-refractivity contribution in [3.8, 4) is 28.7 Å². The fraction of sp³-hybridized carbons (Fsp3) is 0.316. The molecular weight excluding hydrogens is 387 g/mol. The average Bonchev–Trinajstić information content (AvgIpc) is 3.09. The van der Waals surface area contributed by atoms with E-state index in [1.54, 1.807) is 13.2 Å². The van der Waals surface area contributed by atoms with E-state index in [-0.39, 0.29) is 11.8 Å². The first-order chi connectivity index (χ1) is 13.9. The molecule has 0 bridgehead atoms. The van der Waals surface area contributed by atoms with Crippen molar-refractivity contribution in [1.29, 1.82) is 0 Å². The number of anilines is 1. The van der Waals surface area contributed by atoms with E-state index >= 15 is 0 Å². The third kappa shape index (κ3) is 3.82. The molecule has 0 aliphatic carbocycles. The van der Waals surface area contributed by atoms with Gasteiger partial charge in [-0.25, -0.2) is 4.98 Å². The molecule has 3 aromatic rings. The third-order valence-electron chi connectivity index (χ3n) is 4.55. The number of fused-ring (bicyclic) bond motifs is 3. The van der Waals surface area contributed by atoms with E-state index in [9.17, 15) is 13.2 Å². The van der Waals surface area contributed by atoms with E-state index < -0.39 is 12.8 Å². The maximum atomic E-state index is 12.3. The summed E-state index contributed by atoms with van der Waals surface area (Å²) in [7, 11) is 1.60. The molecule has 0 saturated carbocycles. The topological polar surface area (TPSA) is 74.1 Å². The molecule has 1 aliphatic rings. The standard InChI is InChI=1S/C19H18F3N5O2/c1-11-8-23-14-7-13(28-2)4-5-15(14)27-17(11)25-26-18(27)12-3-6-16(24-9-12)29-10-19(20,21)22/h3-7,9,11,23H,8,10H2,1-2H3. The fourth-order valence-electron chi connectivity index (χ4n) is 3.13. The van der Waals surface area contributed by atoms with Crippen molar-refractivity contribution in [2.24, 2.45) is 0 Å². The van der Waals surface area contributed by atoms with Crippen molar-refractivity contribution in [3.63, 3.8) is 0 Å². The Hall–Kier alpha value is -3.30. The van der Waals surface area contributed by atoms with Gasteiger partial charge in [0, 0.05) is 36.4 Å². The van der Waals surface area contributed by atoms with Crippen molar-refractivity contribution < 1.29 is 22.6 Å². The minimum absolute atomic E-state index is 0.0806. The quantitative estimate of drug-likeness (QED) is 0.712. The summed E-state index contributed by atoms with van der Waals surface area (Å²) in [5, 5.41) is 12.0. The Morgan fingerprint density at radius 3 is 2.72 bits per heavy atom. The lowest BCUT2D eigenvalue weighted by Crippen LogP contribution is -2.19. The summed E-state index contributed by atoms with van der Waals surface area (Å²) in [5.74, 6) is 2.00. The van der Waals surface area contributed by atoms with Gasteiger partial charge in [0.15, 0.2) is 12.4 Å². The highest BCUT2D eigenvalue weighted by Crippen LogP contribution is 2.35. The van der Waals surface area contributed by atoms with Crippen LogP contribution in [-0.2, 0) is 0 Å². The summed E-state index contributed by atoms with van der Waals surface area (Å²) < 4.78 is 48.8. The van der Waals surface area contributed by atoms with Crippen molar-refractivity contribution in [2.45, 2.75) is 19.0 Å². The lowest BCUT2D eigenvalue weighted by Gasteiger charge is -2.13. The van der Waals surface area contributed by atoms with Crippen LogP contribution < -0.4 is 14.8 Å². The third-order valence-corrected chi connectivity index (χ3v) is 4.55. The zero-order chi connectivity index (χ0) is 20.6. The van der Waals surface area contributed by atoms with Crippen molar-refractivity contribution in [1.82, 2.24) is 19.7 Å². The number of halogens is 3. The number of methoxy groups -OCH3 is 1. The Balaban J connectivity index is 1.72. The van der Waals surface area contributed by atoms with Gasteiger partial charge >= 0.3 is 6.18 Å². The van der Waals surface area contributed by atoms with Crippen LogP contribution >= 0.6 is 0 Å². The van der Waals surface area contributed by atoms with E-state index in [4.69, 9.17) is 4.74 Å². The molecule has 1 aliphatic heterocycles. The lowest BCUT2D eigenvalue weighted by atomic mass is 10.1. The molecule has 10 heteroatoms. The Morgan fingerprint density at radius 1 is 1.21 bits per heavy atom. The fourth-order valence-corrected chi connectivity index (χ4v) is 3.13. The number of hydrogen-bond acceptors (Lipinski definition) is 6. The molecule has 152 valence electrons. The Bertz CT molecular complexity index is 1020. The second kappa shape index (κ2) is 7.26. The van der Waals surface area contributed by atoms with Crippen molar-refractivity contribution in [3.05, 3.63) is 42.4 Å². The summed E-state index contributed by atoms with van der Waals surface area (Å²) in [6.07, 6.45) is -2.99. The van der Waals surface area contributed by atoms with Crippen LogP contribution in [0.4, 0.5) is 18.9 Å². The number of aromatic nitrogens is 4. The molecule has 1 atom stereocenters. The minimum Gasteiger partial charge on any atom is -0.497 e. The Morgan fingerprint density at radius 2 is 2.03 bits per heavy atom. The summed E-state index contributed by atoms with van der Waals surface area (Å²) in [6.45, 7) is 1.31. The number of nitrogens with zero attached hydrogens (tertiary/aromatic N) is 4. The number of nitrogens with one attached hydrogen (secondary N) is 1. The number of alkyl halides is 3. The molecule has 0 spiro atoms. The van der Waals surface area contributed by atoms with E-state index in [0.717, 1.165) is 22.9 Å². The predicted octanol–water partition coefficient (Wildman–Crippen LogP) is 3.81. The molecule has 2 aromatic heterocycles. The van der Waals surface area contributed by atoms with Gasteiger partial charge < -0.3 is 14.8 Å².